The predicted octanol–water partition coefficient (Wildman–Crippen LogP) is 6.35. The van der Waals surface area contributed by atoms with Crippen LogP contribution in [0.25, 0.3) is 0 Å². The second-order valence-corrected chi connectivity index (χ2v) is 7.23. The Kier molecular flexibility index (Phi) is 8.74. The maximum Gasteiger partial charge on any atom is 0.213 e. The van der Waals surface area contributed by atoms with Gasteiger partial charge in [-0.15, -0.1) is 5.10 Å². The zero-order valence-corrected chi connectivity index (χ0v) is 17.9. The van der Waals surface area contributed by atoms with E-state index in [-0.39, 0.29) is 5.78 Å². The van der Waals surface area contributed by atoms with Crippen LogP contribution in [0.4, 0.5) is 0 Å². The molecule has 0 spiro atoms. The van der Waals surface area contributed by atoms with E-state index in [1.165, 1.54) is 19.3 Å². The molecule has 0 radical (unpaired) electrons. The minimum Gasteiger partial charge on any atom is -0.494 e. The summed E-state index contributed by atoms with van der Waals surface area (Å²) < 4.78 is 5.77. The molecule has 0 aromatic heterocycles. The molecule has 3 aromatic carbocycles. The Labute approximate surface area is 184 Å². The van der Waals surface area contributed by atoms with Gasteiger partial charge in [-0.1, -0.05) is 86.8 Å². The van der Waals surface area contributed by atoms with E-state index < -0.39 is 0 Å². The molecule has 0 aliphatic rings. The molecular weight excluding hydrogens is 384 g/mol. The second-order valence-electron chi connectivity index (χ2n) is 7.23. The molecule has 0 unspecified atom stereocenters. The number of hydrogen-bond donors (Lipinski definition) is 0. The Morgan fingerprint density at radius 1 is 0.806 bits per heavy atom. The maximum atomic E-state index is 13.0. The smallest absolute Gasteiger partial charge is 0.213 e. The Balaban J connectivity index is 1.69. The van der Waals surface area contributed by atoms with Gasteiger partial charge < -0.3 is 4.74 Å². The SMILES string of the molecule is CCCCCCOc1ccc(C=NN=C(C(=O)c2ccccc2)c2ccccc2)cc1. The van der Waals surface area contributed by atoms with Gasteiger partial charge in [0.15, 0.2) is 0 Å². The molecular formula is C27H28N2O2. The zero-order valence-electron chi connectivity index (χ0n) is 17.9. The van der Waals surface area contributed by atoms with Crippen LogP contribution >= 0.6 is 0 Å². The Morgan fingerprint density at radius 2 is 1.45 bits per heavy atom. The van der Waals surface area contributed by atoms with E-state index in [4.69, 9.17) is 4.74 Å². The van der Waals surface area contributed by atoms with Gasteiger partial charge in [0.25, 0.3) is 0 Å². The minimum atomic E-state index is -0.157. The average Bonchev–Trinajstić information content (AvgIpc) is 2.83. The van der Waals surface area contributed by atoms with Crippen molar-refractivity contribution < 1.29 is 9.53 Å². The van der Waals surface area contributed by atoms with Crippen LogP contribution in [-0.2, 0) is 0 Å². The predicted molar refractivity (Wildman–Crippen MR) is 127 cm³/mol. The molecule has 3 rings (SSSR count). The van der Waals surface area contributed by atoms with Crippen molar-refractivity contribution in [2.45, 2.75) is 32.6 Å². The van der Waals surface area contributed by atoms with E-state index >= 15 is 0 Å². The number of carbonyl (C=O) groups excluding carboxylic acids is 1. The van der Waals surface area contributed by atoms with E-state index in [0.717, 1.165) is 29.9 Å². The molecule has 0 aliphatic heterocycles. The quantitative estimate of drug-likeness (QED) is 0.159. The molecule has 0 bridgehead atoms. The summed E-state index contributed by atoms with van der Waals surface area (Å²) in [6.45, 7) is 2.94. The fourth-order valence-electron chi connectivity index (χ4n) is 3.08. The summed E-state index contributed by atoms with van der Waals surface area (Å²) in [6, 6.07) is 26.2. The maximum absolute atomic E-state index is 13.0. The van der Waals surface area contributed by atoms with Gasteiger partial charge >= 0.3 is 0 Å². The fourth-order valence-corrected chi connectivity index (χ4v) is 3.08. The Bertz CT molecular complexity index is 994. The number of nitrogens with zero attached hydrogens (tertiary/aromatic N) is 2. The summed E-state index contributed by atoms with van der Waals surface area (Å²) in [5.74, 6) is 0.692. The van der Waals surface area contributed by atoms with Crippen LogP contribution < -0.4 is 4.74 Å². The molecule has 3 aromatic rings. The Hall–Kier alpha value is -3.53. The van der Waals surface area contributed by atoms with Gasteiger partial charge in [0, 0.05) is 11.1 Å². The number of unbranched alkanes of at least 4 members (excludes halogenated alkanes) is 3. The third kappa shape index (κ3) is 7.03. The normalized spacial score (nSPS) is 11.6. The van der Waals surface area contributed by atoms with E-state index in [1.54, 1.807) is 18.3 Å². The summed E-state index contributed by atoms with van der Waals surface area (Å²) >= 11 is 0. The number of ether oxygens (including phenoxy) is 1. The topological polar surface area (TPSA) is 51.0 Å². The lowest BCUT2D eigenvalue weighted by molar-refractivity contribution is 0.106. The highest BCUT2D eigenvalue weighted by Gasteiger charge is 2.15. The summed E-state index contributed by atoms with van der Waals surface area (Å²) in [6.07, 6.45) is 6.39. The van der Waals surface area contributed by atoms with Gasteiger partial charge in [-0.2, -0.15) is 5.10 Å². The first kappa shape index (κ1) is 22.2. The van der Waals surface area contributed by atoms with Crippen molar-refractivity contribution >= 4 is 17.7 Å². The zero-order chi connectivity index (χ0) is 21.7. The summed E-state index contributed by atoms with van der Waals surface area (Å²) in [5, 5.41) is 8.46. The molecule has 0 saturated heterocycles. The van der Waals surface area contributed by atoms with Crippen LogP contribution in [0.3, 0.4) is 0 Å². The number of ketones is 1. The summed E-state index contributed by atoms with van der Waals surface area (Å²) in [4.78, 5) is 13.0. The second kappa shape index (κ2) is 12.2. The van der Waals surface area contributed by atoms with Crippen LogP contribution in [0, 0.1) is 0 Å². The summed E-state index contributed by atoms with van der Waals surface area (Å²) in [5.41, 5.74) is 2.53. The van der Waals surface area contributed by atoms with Crippen molar-refractivity contribution in [3.8, 4) is 5.75 Å². The van der Waals surface area contributed by atoms with E-state index in [9.17, 15) is 4.79 Å². The molecule has 0 aliphatic carbocycles. The Morgan fingerprint density at radius 3 is 2.10 bits per heavy atom. The van der Waals surface area contributed by atoms with E-state index in [0.29, 0.717) is 11.3 Å². The first-order chi connectivity index (χ1) is 15.3. The third-order valence-electron chi connectivity index (χ3n) is 4.81. The van der Waals surface area contributed by atoms with E-state index in [1.807, 2.05) is 72.8 Å². The lowest BCUT2D eigenvalue weighted by Gasteiger charge is -2.06. The standard InChI is InChI=1S/C27H28N2O2/c1-2-3-4-11-20-31-25-18-16-22(17-19-25)21-28-29-26(23-12-7-5-8-13-23)27(30)24-14-9-6-10-15-24/h5-10,12-19,21H,2-4,11,20H2,1H3. The lowest BCUT2D eigenvalue weighted by Crippen LogP contribution is -2.15. The van der Waals surface area contributed by atoms with Gasteiger partial charge in [0.2, 0.25) is 5.78 Å². The molecule has 0 saturated carbocycles. The molecule has 4 heteroatoms. The van der Waals surface area contributed by atoms with Crippen LogP contribution in [0.1, 0.15) is 54.1 Å². The molecule has 0 atom stereocenters. The van der Waals surface area contributed by atoms with E-state index in [2.05, 4.69) is 17.1 Å². The monoisotopic (exact) mass is 412 g/mol. The highest BCUT2D eigenvalue weighted by molar-refractivity contribution is 6.51. The molecule has 4 nitrogen and oxygen atoms in total. The number of carbonyl (C=O) groups is 1. The van der Waals surface area contributed by atoms with Crippen molar-refractivity contribution in [2.24, 2.45) is 10.2 Å². The molecule has 0 amide bonds. The number of Topliss-reactive ketones (excluding diaryl/α,β-unsaturated/α-hetero) is 1. The fraction of sp³-hybridized carbons (Fsp3) is 0.222. The van der Waals surface area contributed by atoms with Crippen LogP contribution in [0.5, 0.6) is 5.75 Å². The molecule has 158 valence electrons. The van der Waals surface area contributed by atoms with Gasteiger partial charge in [0.05, 0.1) is 12.8 Å². The third-order valence-corrected chi connectivity index (χ3v) is 4.81. The average molecular weight is 413 g/mol. The first-order valence-corrected chi connectivity index (χ1v) is 10.8. The molecule has 0 fully saturated rings. The molecule has 0 heterocycles. The van der Waals surface area contributed by atoms with Crippen molar-refractivity contribution in [1.82, 2.24) is 0 Å². The number of benzene rings is 3. The molecule has 31 heavy (non-hydrogen) atoms. The highest BCUT2D eigenvalue weighted by Crippen LogP contribution is 2.13. The minimum absolute atomic E-state index is 0.157. The van der Waals surface area contributed by atoms with Gasteiger partial charge in [-0.05, 0) is 36.2 Å². The largest absolute Gasteiger partial charge is 0.494 e. The van der Waals surface area contributed by atoms with Crippen LogP contribution in [-0.4, -0.2) is 24.3 Å². The number of hydrogen-bond acceptors (Lipinski definition) is 4. The van der Waals surface area contributed by atoms with Crippen LogP contribution in [0.15, 0.2) is 95.1 Å². The van der Waals surface area contributed by atoms with Gasteiger partial charge in [0.1, 0.15) is 11.5 Å². The van der Waals surface area contributed by atoms with Crippen molar-refractivity contribution in [3.05, 3.63) is 102 Å². The first-order valence-electron chi connectivity index (χ1n) is 10.8. The van der Waals surface area contributed by atoms with Crippen molar-refractivity contribution in [1.29, 1.82) is 0 Å². The van der Waals surface area contributed by atoms with Crippen LogP contribution in [0.2, 0.25) is 0 Å². The van der Waals surface area contributed by atoms with Gasteiger partial charge in [-0.3, -0.25) is 4.79 Å². The lowest BCUT2D eigenvalue weighted by atomic mass is 10.0. The van der Waals surface area contributed by atoms with Crippen molar-refractivity contribution in [3.63, 3.8) is 0 Å². The molecule has 0 N–H and O–H groups in total. The van der Waals surface area contributed by atoms with Gasteiger partial charge in [-0.25, -0.2) is 0 Å². The summed E-state index contributed by atoms with van der Waals surface area (Å²) in [7, 11) is 0. The highest BCUT2D eigenvalue weighted by atomic mass is 16.5. The van der Waals surface area contributed by atoms with Crippen molar-refractivity contribution in [2.75, 3.05) is 6.61 Å². The number of rotatable bonds is 11.